The SMILES string of the molecule is CN(Cc1cccnc1)S(=O)(=O)c1ccc(S(C)(=O)=O)cc1. The lowest BCUT2D eigenvalue weighted by atomic mass is 10.3. The first-order valence-electron chi connectivity index (χ1n) is 6.36. The second-order valence-electron chi connectivity index (χ2n) is 4.87. The van der Waals surface area contributed by atoms with Crippen LogP contribution in [0.4, 0.5) is 0 Å². The summed E-state index contributed by atoms with van der Waals surface area (Å²) in [7, 11) is -5.57. The Labute approximate surface area is 130 Å². The molecule has 0 saturated carbocycles. The highest BCUT2D eigenvalue weighted by molar-refractivity contribution is 7.90. The van der Waals surface area contributed by atoms with Gasteiger partial charge in [-0.2, -0.15) is 4.31 Å². The lowest BCUT2D eigenvalue weighted by Gasteiger charge is -2.17. The summed E-state index contributed by atoms with van der Waals surface area (Å²) < 4.78 is 48.9. The molecule has 0 aliphatic carbocycles. The summed E-state index contributed by atoms with van der Waals surface area (Å²) in [5.41, 5.74) is 0.765. The Bertz CT molecular complexity index is 845. The van der Waals surface area contributed by atoms with Gasteiger partial charge in [-0.1, -0.05) is 6.07 Å². The number of rotatable bonds is 5. The summed E-state index contributed by atoms with van der Waals surface area (Å²) in [5, 5.41) is 0. The fourth-order valence-electron chi connectivity index (χ4n) is 1.87. The van der Waals surface area contributed by atoms with Gasteiger partial charge in [-0.3, -0.25) is 4.98 Å². The Kier molecular flexibility index (Phi) is 4.64. The zero-order valence-corrected chi connectivity index (χ0v) is 13.8. The quantitative estimate of drug-likeness (QED) is 0.819. The second-order valence-corrected chi connectivity index (χ2v) is 8.93. The normalized spacial score (nSPS) is 12.5. The topological polar surface area (TPSA) is 84.4 Å². The zero-order valence-electron chi connectivity index (χ0n) is 12.2. The molecule has 0 saturated heterocycles. The Morgan fingerprint density at radius 1 is 1.00 bits per heavy atom. The fourth-order valence-corrected chi connectivity index (χ4v) is 3.66. The molecule has 22 heavy (non-hydrogen) atoms. The van der Waals surface area contributed by atoms with Gasteiger partial charge in [0.25, 0.3) is 0 Å². The van der Waals surface area contributed by atoms with Crippen LogP contribution in [0.2, 0.25) is 0 Å². The molecule has 1 aromatic heterocycles. The predicted octanol–water partition coefficient (Wildman–Crippen LogP) is 1.31. The molecule has 0 unspecified atom stereocenters. The van der Waals surface area contributed by atoms with Crippen molar-refractivity contribution >= 4 is 19.9 Å². The molecule has 0 atom stereocenters. The molecule has 0 bridgehead atoms. The van der Waals surface area contributed by atoms with E-state index in [1.165, 1.54) is 35.6 Å². The smallest absolute Gasteiger partial charge is 0.243 e. The molecule has 1 heterocycles. The molecule has 0 amide bonds. The number of hydrogen-bond donors (Lipinski definition) is 0. The van der Waals surface area contributed by atoms with E-state index >= 15 is 0 Å². The maximum atomic E-state index is 12.5. The van der Waals surface area contributed by atoms with E-state index in [2.05, 4.69) is 4.98 Å². The van der Waals surface area contributed by atoms with Gasteiger partial charge in [-0.15, -0.1) is 0 Å². The van der Waals surface area contributed by atoms with Crippen molar-refractivity contribution < 1.29 is 16.8 Å². The lowest BCUT2D eigenvalue weighted by Crippen LogP contribution is -2.26. The summed E-state index contributed by atoms with van der Waals surface area (Å²) in [4.78, 5) is 4.08. The first kappa shape index (κ1) is 16.6. The summed E-state index contributed by atoms with van der Waals surface area (Å²) in [6.45, 7) is 0.185. The third-order valence-corrected chi connectivity index (χ3v) is 6.03. The van der Waals surface area contributed by atoms with E-state index in [-0.39, 0.29) is 16.3 Å². The van der Waals surface area contributed by atoms with E-state index in [1.807, 2.05) is 0 Å². The minimum absolute atomic E-state index is 0.0475. The lowest BCUT2D eigenvalue weighted by molar-refractivity contribution is 0.466. The molecule has 118 valence electrons. The van der Waals surface area contributed by atoms with Crippen LogP contribution in [0.3, 0.4) is 0 Å². The molecule has 0 fully saturated rings. The summed E-state index contributed by atoms with van der Waals surface area (Å²) >= 11 is 0. The molecule has 2 rings (SSSR count). The van der Waals surface area contributed by atoms with Crippen molar-refractivity contribution in [3.63, 3.8) is 0 Å². The van der Waals surface area contributed by atoms with Crippen molar-refractivity contribution in [1.82, 2.24) is 9.29 Å². The maximum absolute atomic E-state index is 12.5. The first-order chi connectivity index (χ1) is 10.2. The molecule has 8 heteroatoms. The molecule has 0 spiro atoms. The van der Waals surface area contributed by atoms with Crippen LogP contribution in [0, 0.1) is 0 Å². The highest BCUT2D eigenvalue weighted by atomic mass is 32.2. The van der Waals surface area contributed by atoms with Crippen molar-refractivity contribution in [3.8, 4) is 0 Å². The Balaban J connectivity index is 2.26. The number of pyridine rings is 1. The number of nitrogens with zero attached hydrogens (tertiary/aromatic N) is 2. The van der Waals surface area contributed by atoms with Crippen LogP contribution in [0.25, 0.3) is 0 Å². The van der Waals surface area contributed by atoms with Crippen molar-refractivity contribution in [2.75, 3.05) is 13.3 Å². The fraction of sp³-hybridized carbons (Fsp3) is 0.214. The average Bonchev–Trinajstić information content (AvgIpc) is 2.47. The Morgan fingerprint density at radius 3 is 2.09 bits per heavy atom. The van der Waals surface area contributed by atoms with Crippen LogP contribution in [-0.2, 0) is 26.4 Å². The third kappa shape index (κ3) is 3.70. The van der Waals surface area contributed by atoms with E-state index in [0.29, 0.717) is 0 Å². The highest BCUT2D eigenvalue weighted by Gasteiger charge is 2.21. The minimum Gasteiger partial charge on any atom is -0.264 e. The molecule has 0 aliphatic heterocycles. The number of benzene rings is 1. The molecule has 1 aromatic carbocycles. The van der Waals surface area contributed by atoms with Gasteiger partial charge in [-0.25, -0.2) is 16.8 Å². The highest BCUT2D eigenvalue weighted by Crippen LogP contribution is 2.19. The minimum atomic E-state index is -3.69. The molecular formula is C14H16N2O4S2. The first-order valence-corrected chi connectivity index (χ1v) is 9.70. The zero-order chi connectivity index (χ0) is 16.4. The van der Waals surface area contributed by atoms with E-state index in [9.17, 15) is 16.8 Å². The molecule has 0 radical (unpaired) electrons. The number of hydrogen-bond acceptors (Lipinski definition) is 5. The van der Waals surface area contributed by atoms with Crippen molar-refractivity contribution in [2.45, 2.75) is 16.3 Å². The van der Waals surface area contributed by atoms with Gasteiger partial charge >= 0.3 is 0 Å². The number of aromatic nitrogens is 1. The van der Waals surface area contributed by atoms with Crippen LogP contribution in [-0.4, -0.2) is 39.4 Å². The maximum Gasteiger partial charge on any atom is 0.243 e. The second kappa shape index (κ2) is 6.15. The standard InChI is InChI=1S/C14H16N2O4S2/c1-16(11-12-4-3-9-15-10-12)22(19,20)14-7-5-13(6-8-14)21(2,17)18/h3-10H,11H2,1-2H3. The van der Waals surface area contributed by atoms with Gasteiger partial charge in [0.05, 0.1) is 9.79 Å². The van der Waals surface area contributed by atoms with Gasteiger partial charge in [0, 0.05) is 32.2 Å². The van der Waals surface area contributed by atoms with Crippen LogP contribution in [0.15, 0.2) is 58.6 Å². The molecule has 0 aliphatic rings. The van der Waals surface area contributed by atoms with Crippen molar-refractivity contribution in [2.24, 2.45) is 0 Å². The average molecular weight is 340 g/mol. The largest absolute Gasteiger partial charge is 0.264 e. The van der Waals surface area contributed by atoms with Crippen LogP contribution < -0.4 is 0 Å². The van der Waals surface area contributed by atoms with Crippen LogP contribution in [0.1, 0.15) is 5.56 Å². The molecule has 0 N–H and O–H groups in total. The van der Waals surface area contributed by atoms with Crippen LogP contribution in [0.5, 0.6) is 0 Å². The predicted molar refractivity (Wildman–Crippen MR) is 82.4 cm³/mol. The van der Waals surface area contributed by atoms with Gasteiger partial charge in [0.2, 0.25) is 10.0 Å². The monoisotopic (exact) mass is 340 g/mol. The van der Waals surface area contributed by atoms with Gasteiger partial charge in [0.15, 0.2) is 9.84 Å². The molecule has 6 nitrogen and oxygen atoms in total. The van der Waals surface area contributed by atoms with Crippen LogP contribution >= 0.6 is 0 Å². The van der Waals surface area contributed by atoms with E-state index in [1.54, 1.807) is 24.5 Å². The number of sulfonamides is 1. The molecular weight excluding hydrogens is 324 g/mol. The third-order valence-electron chi connectivity index (χ3n) is 3.09. The van der Waals surface area contributed by atoms with Crippen molar-refractivity contribution in [1.29, 1.82) is 0 Å². The van der Waals surface area contributed by atoms with Crippen molar-refractivity contribution in [3.05, 3.63) is 54.4 Å². The van der Waals surface area contributed by atoms with Gasteiger partial charge in [0.1, 0.15) is 0 Å². The van der Waals surface area contributed by atoms with E-state index in [4.69, 9.17) is 0 Å². The Morgan fingerprint density at radius 2 is 1.59 bits per heavy atom. The Hall–Kier alpha value is -1.77. The summed E-state index contributed by atoms with van der Waals surface area (Å²) in [5.74, 6) is 0. The van der Waals surface area contributed by atoms with Gasteiger partial charge < -0.3 is 0 Å². The number of sulfone groups is 1. The summed E-state index contributed by atoms with van der Waals surface area (Å²) in [6, 6.07) is 8.69. The van der Waals surface area contributed by atoms with Gasteiger partial charge in [-0.05, 0) is 35.9 Å². The van der Waals surface area contributed by atoms with E-state index < -0.39 is 19.9 Å². The van der Waals surface area contributed by atoms with E-state index in [0.717, 1.165) is 11.8 Å². The summed E-state index contributed by atoms with van der Waals surface area (Å²) in [6.07, 6.45) is 4.28. The molecule has 2 aromatic rings.